The van der Waals surface area contributed by atoms with Crippen LogP contribution >= 0.6 is 0 Å². The number of aliphatic hydroxyl groups is 5. The first-order chi connectivity index (χ1) is 42.7. The van der Waals surface area contributed by atoms with Gasteiger partial charge < -0.3 is 45.1 Å². The van der Waals surface area contributed by atoms with E-state index in [9.17, 15) is 35.1 Å². The highest BCUT2D eigenvalue weighted by Crippen LogP contribution is 2.27. The first kappa shape index (κ1) is 83.2. The van der Waals surface area contributed by atoms with Crippen molar-refractivity contribution < 1.29 is 49.3 Å². The third-order valence-electron chi connectivity index (χ3n) is 18.4. The number of allylic oxidation sites excluding steroid dienone is 3. The number of rotatable bonds is 67. The Bertz CT molecular complexity index is 1510. The molecular weight excluding hydrogens is 1090 g/mol. The number of esters is 1. The van der Waals surface area contributed by atoms with Gasteiger partial charge in [-0.05, 0) is 51.4 Å². The summed E-state index contributed by atoms with van der Waals surface area (Å²) in [5.41, 5.74) is 0. The molecule has 8 unspecified atom stereocenters. The van der Waals surface area contributed by atoms with E-state index < -0.39 is 67.4 Å². The predicted molar refractivity (Wildman–Crippen MR) is 366 cm³/mol. The summed E-state index contributed by atoms with van der Waals surface area (Å²) in [6, 6.07) is -1.02. The average molecular weight is 1230 g/mol. The lowest BCUT2D eigenvalue weighted by Gasteiger charge is -2.41. The molecule has 514 valence electrons. The molecule has 8 atom stereocenters. The summed E-state index contributed by atoms with van der Waals surface area (Å²) in [5, 5.41) is 57.3. The summed E-state index contributed by atoms with van der Waals surface area (Å²) >= 11 is 0. The van der Waals surface area contributed by atoms with Crippen LogP contribution in [0.4, 0.5) is 0 Å². The Balaban J connectivity index is 2.51. The van der Waals surface area contributed by atoms with Crippen LogP contribution < -0.4 is 5.32 Å². The number of carbonyl (C=O) groups is 2. The molecule has 0 aliphatic carbocycles. The Morgan fingerprint density at radius 3 is 1.11 bits per heavy atom. The Hall–Kier alpha value is -1.86. The van der Waals surface area contributed by atoms with Crippen molar-refractivity contribution in [1.82, 2.24) is 5.32 Å². The van der Waals surface area contributed by atoms with Gasteiger partial charge >= 0.3 is 5.97 Å². The van der Waals surface area contributed by atoms with Crippen LogP contribution in [0, 0.1) is 0 Å². The zero-order chi connectivity index (χ0) is 63.1. The molecule has 0 saturated carbocycles. The van der Waals surface area contributed by atoms with Gasteiger partial charge in [0.15, 0.2) is 12.4 Å². The van der Waals surface area contributed by atoms with Crippen LogP contribution in [0.3, 0.4) is 0 Å². The SMILES string of the molecule is CCCCCCCC/C=C/CCCCCCCCCCCCCCCCCCCC(=O)OC1C(OCC(NC(=O)C(O)CCCCCCCCCCCCCCCCCCCC)C(O)/C=C/CCCCCCCCCCCCC)OC(CO)C(O)C1O. The smallest absolute Gasteiger partial charge is 0.306 e. The quantitative estimate of drug-likeness (QED) is 0.0195. The van der Waals surface area contributed by atoms with Gasteiger partial charge in [0.25, 0.3) is 0 Å². The number of carbonyl (C=O) groups excluding carboxylic acids is 2. The second-order valence-corrected chi connectivity index (χ2v) is 26.7. The fourth-order valence-corrected chi connectivity index (χ4v) is 12.4. The van der Waals surface area contributed by atoms with E-state index in [1.165, 1.54) is 283 Å². The standard InChI is InChI=1S/C76H145NO10/c1-4-7-10-13-16-19-22-25-27-29-31-32-33-34-35-36-37-38-39-41-43-46-49-52-55-58-61-64-71(81)87-74-73(83)72(82)70(65-78)86-76(74)85-66-67(68(79)62-59-56-53-50-47-44-24-21-18-15-12-9-6-3)77-75(84)69(80)63-60-57-54-51-48-45-42-40-30-28-26-23-20-17-14-11-8-5-2/h25,27,59,62,67-70,72-74,76,78-80,82-83H,4-24,26,28-58,60-61,63-66H2,1-3H3,(H,77,84)/b27-25+,62-59+. The molecule has 11 nitrogen and oxygen atoms in total. The molecule has 1 aliphatic heterocycles. The van der Waals surface area contributed by atoms with Crippen LogP contribution in [0.5, 0.6) is 0 Å². The van der Waals surface area contributed by atoms with E-state index in [1.54, 1.807) is 6.08 Å². The number of hydrogen-bond acceptors (Lipinski definition) is 10. The maximum Gasteiger partial charge on any atom is 0.306 e. The first-order valence-electron chi connectivity index (χ1n) is 38.1. The molecule has 0 aromatic rings. The van der Waals surface area contributed by atoms with Crippen molar-refractivity contribution in [1.29, 1.82) is 0 Å². The van der Waals surface area contributed by atoms with E-state index in [2.05, 4.69) is 38.2 Å². The summed E-state index contributed by atoms with van der Waals surface area (Å²) in [4.78, 5) is 26.7. The summed E-state index contributed by atoms with van der Waals surface area (Å²) in [7, 11) is 0. The molecule has 0 aromatic carbocycles. The molecule has 1 fully saturated rings. The van der Waals surface area contributed by atoms with Gasteiger partial charge in [0.2, 0.25) is 5.91 Å². The second kappa shape index (κ2) is 64.3. The van der Waals surface area contributed by atoms with Crippen molar-refractivity contribution in [3.63, 3.8) is 0 Å². The van der Waals surface area contributed by atoms with Crippen LogP contribution in [-0.2, 0) is 23.8 Å². The average Bonchev–Trinajstić information content (AvgIpc) is 2.51. The van der Waals surface area contributed by atoms with Crippen molar-refractivity contribution in [2.75, 3.05) is 13.2 Å². The van der Waals surface area contributed by atoms with Gasteiger partial charge in [-0.25, -0.2) is 0 Å². The number of aliphatic hydroxyl groups excluding tert-OH is 5. The molecule has 0 bridgehead atoms. The molecule has 1 rings (SSSR count). The van der Waals surface area contributed by atoms with Crippen molar-refractivity contribution in [3.8, 4) is 0 Å². The molecular formula is C76H145NO10. The molecule has 11 heteroatoms. The van der Waals surface area contributed by atoms with E-state index in [0.717, 1.165) is 57.8 Å². The van der Waals surface area contributed by atoms with Gasteiger partial charge in [-0.15, -0.1) is 0 Å². The van der Waals surface area contributed by atoms with Gasteiger partial charge in [-0.2, -0.15) is 0 Å². The minimum atomic E-state index is -1.61. The lowest BCUT2D eigenvalue weighted by Crippen LogP contribution is -2.61. The van der Waals surface area contributed by atoms with E-state index >= 15 is 0 Å². The van der Waals surface area contributed by atoms with E-state index in [1.807, 2.05) is 6.08 Å². The first-order valence-corrected chi connectivity index (χ1v) is 38.1. The number of ether oxygens (including phenoxy) is 3. The number of amides is 1. The third kappa shape index (κ3) is 51.4. The molecule has 87 heavy (non-hydrogen) atoms. The minimum absolute atomic E-state index is 0.130. The zero-order valence-electron chi connectivity index (χ0n) is 57.4. The Kier molecular flexibility index (Phi) is 61.4. The Labute approximate surface area is 537 Å². The van der Waals surface area contributed by atoms with E-state index in [-0.39, 0.29) is 13.0 Å². The maximum absolute atomic E-state index is 13.5. The highest BCUT2D eigenvalue weighted by Gasteiger charge is 2.47. The van der Waals surface area contributed by atoms with Crippen LogP contribution in [-0.4, -0.2) is 99.6 Å². The predicted octanol–water partition coefficient (Wildman–Crippen LogP) is 20.0. The lowest BCUT2D eigenvalue weighted by atomic mass is 9.99. The molecule has 0 radical (unpaired) electrons. The van der Waals surface area contributed by atoms with Crippen LogP contribution in [0.15, 0.2) is 24.3 Å². The van der Waals surface area contributed by atoms with E-state index in [0.29, 0.717) is 19.3 Å². The summed E-state index contributed by atoms with van der Waals surface area (Å²) in [6.45, 7) is 5.86. The molecule has 6 N–H and O–H groups in total. The van der Waals surface area contributed by atoms with Crippen molar-refractivity contribution >= 4 is 11.9 Å². The third-order valence-corrected chi connectivity index (χ3v) is 18.4. The second-order valence-electron chi connectivity index (χ2n) is 26.7. The van der Waals surface area contributed by atoms with Gasteiger partial charge in [0.1, 0.15) is 24.4 Å². The zero-order valence-corrected chi connectivity index (χ0v) is 57.4. The van der Waals surface area contributed by atoms with Crippen molar-refractivity contribution in [2.24, 2.45) is 0 Å². The normalized spacial score (nSPS) is 18.3. The molecule has 0 aromatic heterocycles. The number of hydrogen-bond donors (Lipinski definition) is 6. The lowest BCUT2D eigenvalue weighted by molar-refractivity contribution is -0.305. The van der Waals surface area contributed by atoms with Gasteiger partial charge in [-0.1, -0.05) is 353 Å². The van der Waals surface area contributed by atoms with Gasteiger partial charge in [0, 0.05) is 6.42 Å². The highest BCUT2D eigenvalue weighted by atomic mass is 16.7. The Morgan fingerprint density at radius 1 is 0.437 bits per heavy atom. The van der Waals surface area contributed by atoms with Crippen LogP contribution in [0.1, 0.15) is 387 Å². The maximum atomic E-state index is 13.5. The summed E-state index contributed by atoms with van der Waals surface area (Å²) in [5.74, 6) is -1.17. The summed E-state index contributed by atoms with van der Waals surface area (Å²) in [6.07, 6.45) is 68.0. The monoisotopic (exact) mass is 1230 g/mol. The van der Waals surface area contributed by atoms with Crippen molar-refractivity contribution in [2.45, 2.75) is 436 Å². The molecule has 1 amide bonds. The molecule has 0 spiro atoms. The van der Waals surface area contributed by atoms with Crippen LogP contribution in [0.2, 0.25) is 0 Å². The topological polar surface area (TPSA) is 175 Å². The molecule has 1 heterocycles. The largest absolute Gasteiger partial charge is 0.454 e. The Morgan fingerprint density at radius 2 is 0.759 bits per heavy atom. The van der Waals surface area contributed by atoms with Gasteiger partial charge in [0.05, 0.1) is 25.4 Å². The highest BCUT2D eigenvalue weighted by molar-refractivity contribution is 5.80. The molecule has 1 saturated heterocycles. The van der Waals surface area contributed by atoms with Crippen LogP contribution in [0.25, 0.3) is 0 Å². The van der Waals surface area contributed by atoms with E-state index in [4.69, 9.17) is 14.2 Å². The molecule has 1 aliphatic rings. The summed E-state index contributed by atoms with van der Waals surface area (Å²) < 4.78 is 17.7. The number of unbranched alkanes of at least 4 members (excludes halogenated alkanes) is 51. The number of nitrogens with one attached hydrogen (secondary N) is 1. The van der Waals surface area contributed by atoms with Crippen molar-refractivity contribution in [3.05, 3.63) is 24.3 Å². The van der Waals surface area contributed by atoms with Gasteiger partial charge in [-0.3, -0.25) is 9.59 Å². The minimum Gasteiger partial charge on any atom is -0.454 e. The fourth-order valence-electron chi connectivity index (χ4n) is 12.4. The fraction of sp³-hybridized carbons (Fsp3) is 0.921.